The maximum absolute atomic E-state index is 12.1. The molecule has 0 unspecified atom stereocenters. The molecule has 1 fully saturated rings. The number of hydrogen-bond donors (Lipinski definition) is 1. The number of nitrogens with one attached hydrogen (secondary N) is 1. The minimum Gasteiger partial charge on any atom is -0.349 e. The monoisotopic (exact) mass is 221 g/mol. The molecule has 0 spiro atoms. The highest BCUT2D eigenvalue weighted by atomic mass is 16.1. The molecule has 0 radical (unpaired) electrons. The van der Waals surface area contributed by atoms with E-state index in [0.29, 0.717) is 6.04 Å². The summed E-state index contributed by atoms with van der Waals surface area (Å²) in [5.41, 5.74) is 2.50. The van der Waals surface area contributed by atoms with Gasteiger partial charge in [0.1, 0.15) is 0 Å². The van der Waals surface area contributed by atoms with Gasteiger partial charge in [-0.1, -0.05) is 12.8 Å². The Morgan fingerprint density at radius 1 is 1.38 bits per heavy atom. The molecule has 1 aromatic rings. The zero-order valence-corrected chi connectivity index (χ0v) is 10.2. The molecule has 0 aromatic carbocycles. The highest BCUT2D eigenvalue weighted by Gasteiger charge is 2.22. The van der Waals surface area contributed by atoms with Crippen molar-refractivity contribution in [2.45, 2.75) is 45.6 Å². The van der Waals surface area contributed by atoms with Crippen LogP contribution in [0.1, 0.15) is 47.4 Å². The third-order valence-electron chi connectivity index (χ3n) is 3.43. The molecule has 1 aromatic heterocycles. The van der Waals surface area contributed by atoms with E-state index in [1.54, 1.807) is 4.68 Å². The van der Waals surface area contributed by atoms with E-state index in [2.05, 4.69) is 10.4 Å². The van der Waals surface area contributed by atoms with Gasteiger partial charge in [0.05, 0.1) is 11.3 Å². The van der Waals surface area contributed by atoms with Gasteiger partial charge in [0.15, 0.2) is 0 Å². The van der Waals surface area contributed by atoms with Crippen molar-refractivity contribution >= 4 is 5.91 Å². The van der Waals surface area contributed by atoms with Crippen LogP contribution in [0.5, 0.6) is 0 Å². The van der Waals surface area contributed by atoms with Crippen LogP contribution >= 0.6 is 0 Å². The van der Waals surface area contributed by atoms with Crippen molar-refractivity contribution in [1.82, 2.24) is 15.1 Å². The van der Waals surface area contributed by atoms with Crippen LogP contribution in [0, 0.1) is 13.8 Å². The summed E-state index contributed by atoms with van der Waals surface area (Å²) in [5, 5.41) is 7.36. The van der Waals surface area contributed by atoms with Crippen LogP contribution in [-0.4, -0.2) is 21.7 Å². The van der Waals surface area contributed by atoms with Crippen molar-refractivity contribution < 1.29 is 4.79 Å². The predicted octanol–water partition coefficient (Wildman–Crippen LogP) is 1.71. The van der Waals surface area contributed by atoms with E-state index in [1.165, 1.54) is 12.8 Å². The third kappa shape index (κ3) is 1.96. The van der Waals surface area contributed by atoms with Gasteiger partial charge >= 0.3 is 0 Å². The molecule has 0 bridgehead atoms. The van der Waals surface area contributed by atoms with Crippen LogP contribution in [-0.2, 0) is 7.05 Å². The van der Waals surface area contributed by atoms with Crippen molar-refractivity contribution in [1.29, 1.82) is 0 Å². The number of rotatable bonds is 2. The van der Waals surface area contributed by atoms with Crippen molar-refractivity contribution in [3.05, 3.63) is 17.0 Å². The quantitative estimate of drug-likeness (QED) is 0.826. The summed E-state index contributed by atoms with van der Waals surface area (Å²) in [5.74, 6) is 0.0370. The Balaban J connectivity index is 2.13. The van der Waals surface area contributed by atoms with Crippen molar-refractivity contribution in [2.75, 3.05) is 0 Å². The van der Waals surface area contributed by atoms with E-state index < -0.39 is 0 Å². The van der Waals surface area contributed by atoms with Gasteiger partial charge in [0.25, 0.3) is 5.91 Å². The lowest BCUT2D eigenvalue weighted by Crippen LogP contribution is -2.33. The lowest BCUT2D eigenvalue weighted by atomic mass is 10.1. The number of aryl methyl sites for hydroxylation is 2. The minimum absolute atomic E-state index is 0.0370. The Labute approximate surface area is 96.0 Å². The average molecular weight is 221 g/mol. The van der Waals surface area contributed by atoms with Gasteiger partial charge in [0, 0.05) is 18.8 Å². The molecule has 1 aliphatic rings. The largest absolute Gasteiger partial charge is 0.349 e. The van der Waals surface area contributed by atoms with Gasteiger partial charge in [0.2, 0.25) is 0 Å². The Bertz CT molecular complexity index is 403. The van der Waals surface area contributed by atoms with Gasteiger partial charge in [-0.2, -0.15) is 5.10 Å². The second kappa shape index (κ2) is 4.28. The van der Waals surface area contributed by atoms with Gasteiger partial charge in [-0.25, -0.2) is 0 Å². The van der Waals surface area contributed by atoms with Crippen molar-refractivity contribution in [2.24, 2.45) is 7.05 Å². The van der Waals surface area contributed by atoms with Crippen molar-refractivity contribution in [3.8, 4) is 0 Å². The van der Waals surface area contributed by atoms with E-state index in [0.717, 1.165) is 29.8 Å². The summed E-state index contributed by atoms with van der Waals surface area (Å²) < 4.78 is 1.76. The third-order valence-corrected chi connectivity index (χ3v) is 3.43. The number of carbonyl (C=O) groups is 1. The van der Waals surface area contributed by atoms with Crippen LogP contribution in [0.25, 0.3) is 0 Å². The first kappa shape index (κ1) is 11.2. The minimum atomic E-state index is 0.0370. The fraction of sp³-hybridized carbons (Fsp3) is 0.667. The Kier molecular flexibility index (Phi) is 2.99. The molecule has 1 heterocycles. The fourth-order valence-electron chi connectivity index (χ4n) is 2.43. The zero-order chi connectivity index (χ0) is 11.7. The summed E-state index contributed by atoms with van der Waals surface area (Å²) in [4.78, 5) is 12.1. The van der Waals surface area contributed by atoms with Gasteiger partial charge < -0.3 is 5.32 Å². The van der Waals surface area contributed by atoms with E-state index in [-0.39, 0.29) is 5.91 Å². The summed E-state index contributed by atoms with van der Waals surface area (Å²) in [6, 6.07) is 0.367. The standard InChI is InChI=1S/C12H19N3O/c1-8-11(9(2)15(3)14-8)12(16)13-10-6-4-5-7-10/h10H,4-7H2,1-3H3,(H,13,16). The Hall–Kier alpha value is -1.32. The molecule has 4 nitrogen and oxygen atoms in total. The fourth-order valence-corrected chi connectivity index (χ4v) is 2.43. The molecule has 1 N–H and O–H groups in total. The molecule has 1 aliphatic carbocycles. The molecule has 1 amide bonds. The second-order valence-corrected chi connectivity index (χ2v) is 4.62. The van der Waals surface area contributed by atoms with Gasteiger partial charge in [-0.15, -0.1) is 0 Å². The van der Waals surface area contributed by atoms with Crippen LogP contribution in [0.15, 0.2) is 0 Å². The maximum atomic E-state index is 12.1. The number of hydrogen-bond acceptors (Lipinski definition) is 2. The van der Waals surface area contributed by atoms with Crippen molar-refractivity contribution in [3.63, 3.8) is 0 Å². The van der Waals surface area contributed by atoms with E-state index in [1.807, 2.05) is 20.9 Å². The van der Waals surface area contributed by atoms with Gasteiger partial charge in [-0.05, 0) is 26.7 Å². The highest BCUT2D eigenvalue weighted by Crippen LogP contribution is 2.19. The molecule has 16 heavy (non-hydrogen) atoms. The lowest BCUT2D eigenvalue weighted by Gasteiger charge is -2.11. The SMILES string of the molecule is Cc1nn(C)c(C)c1C(=O)NC1CCCC1. The molecule has 2 rings (SSSR count). The molecule has 0 atom stereocenters. The summed E-state index contributed by atoms with van der Waals surface area (Å²) >= 11 is 0. The van der Waals surface area contributed by atoms with Gasteiger partial charge in [-0.3, -0.25) is 9.48 Å². The van der Waals surface area contributed by atoms with Crippen LogP contribution in [0.4, 0.5) is 0 Å². The smallest absolute Gasteiger partial charge is 0.255 e. The second-order valence-electron chi connectivity index (χ2n) is 4.62. The Morgan fingerprint density at radius 2 is 2.00 bits per heavy atom. The molecule has 4 heteroatoms. The number of carbonyl (C=O) groups excluding carboxylic acids is 1. The van der Waals surface area contributed by atoms with Crippen LogP contribution in [0.2, 0.25) is 0 Å². The summed E-state index contributed by atoms with van der Waals surface area (Å²) in [6.45, 7) is 3.82. The average Bonchev–Trinajstić information content (AvgIpc) is 2.77. The predicted molar refractivity (Wildman–Crippen MR) is 62.4 cm³/mol. The molecular weight excluding hydrogens is 202 g/mol. The summed E-state index contributed by atoms with van der Waals surface area (Å²) in [7, 11) is 1.87. The maximum Gasteiger partial charge on any atom is 0.255 e. The summed E-state index contributed by atoms with van der Waals surface area (Å²) in [6.07, 6.45) is 4.69. The van der Waals surface area contributed by atoms with E-state index in [4.69, 9.17) is 0 Å². The van der Waals surface area contributed by atoms with Crippen LogP contribution in [0.3, 0.4) is 0 Å². The molecule has 0 aliphatic heterocycles. The van der Waals surface area contributed by atoms with E-state index >= 15 is 0 Å². The lowest BCUT2D eigenvalue weighted by molar-refractivity contribution is 0.0936. The van der Waals surface area contributed by atoms with Crippen LogP contribution < -0.4 is 5.32 Å². The Morgan fingerprint density at radius 3 is 2.50 bits per heavy atom. The first-order valence-electron chi connectivity index (χ1n) is 5.90. The normalized spacial score (nSPS) is 16.7. The molecule has 88 valence electrons. The van der Waals surface area contributed by atoms with E-state index in [9.17, 15) is 4.79 Å². The molecule has 1 saturated carbocycles. The first-order chi connectivity index (χ1) is 7.59. The molecular formula is C12H19N3O. The first-order valence-corrected chi connectivity index (χ1v) is 5.90. The molecule has 0 saturated heterocycles. The zero-order valence-electron chi connectivity index (χ0n) is 10.2. The number of amides is 1. The number of nitrogens with zero attached hydrogens (tertiary/aromatic N) is 2. The number of aromatic nitrogens is 2. The highest BCUT2D eigenvalue weighted by molar-refractivity contribution is 5.96. The topological polar surface area (TPSA) is 46.9 Å².